The number of fused-ring (bicyclic) bond motifs is 1. The Hall–Kier alpha value is -2.59. The molecular formula is C21H23F3N2O4S. The van der Waals surface area contributed by atoms with Gasteiger partial charge in [0.1, 0.15) is 5.75 Å². The lowest BCUT2D eigenvalue weighted by molar-refractivity contribution is -0.274. The molecule has 0 aliphatic heterocycles. The minimum Gasteiger partial charge on any atom is -0.406 e. The first-order valence-electron chi connectivity index (χ1n) is 9.79. The molecule has 1 aliphatic rings. The van der Waals surface area contributed by atoms with E-state index >= 15 is 0 Å². The smallest absolute Gasteiger partial charge is 0.406 e. The number of rotatable bonds is 7. The first-order chi connectivity index (χ1) is 14.5. The van der Waals surface area contributed by atoms with Crippen molar-refractivity contribution >= 4 is 15.9 Å². The first-order valence-corrected chi connectivity index (χ1v) is 11.3. The van der Waals surface area contributed by atoms with Crippen LogP contribution in [0.1, 0.15) is 43.4 Å². The predicted octanol–water partition coefficient (Wildman–Crippen LogP) is 3.84. The van der Waals surface area contributed by atoms with Gasteiger partial charge < -0.3 is 10.1 Å². The van der Waals surface area contributed by atoms with Gasteiger partial charge in [-0.25, -0.2) is 13.1 Å². The van der Waals surface area contributed by atoms with Crippen LogP contribution in [-0.2, 0) is 21.2 Å². The summed E-state index contributed by atoms with van der Waals surface area (Å²) in [6.45, 7) is 1.52. The third kappa shape index (κ3) is 6.44. The first kappa shape index (κ1) is 23.1. The maximum atomic E-state index is 12.5. The molecule has 2 unspecified atom stereocenters. The standard InChI is InChI=1S/C21H23F3N2O4S/c1-14(12-20(27)25-19-11-4-7-15-6-2-3-10-18(15)19)26-31(28,29)17-9-5-8-16(13-17)30-21(22,23)24/h2-3,5-6,8-10,13-14,19,26H,4,7,11-12H2,1H3,(H,25,27). The molecular weight excluding hydrogens is 433 g/mol. The Morgan fingerprint density at radius 1 is 1.19 bits per heavy atom. The van der Waals surface area contributed by atoms with E-state index in [1.807, 2.05) is 24.3 Å². The molecule has 0 spiro atoms. The SMILES string of the molecule is CC(CC(=O)NC1CCCc2ccccc21)NS(=O)(=O)c1cccc(OC(F)(F)F)c1. The van der Waals surface area contributed by atoms with Crippen LogP contribution in [0.15, 0.2) is 53.4 Å². The third-order valence-electron chi connectivity index (χ3n) is 4.90. The number of hydrogen-bond donors (Lipinski definition) is 2. The number of ether oxygens (including phenoxy) is 1. The van der Waals surface area contributed by atoms with E-state index in [4.69, 9.17) is 0 Å². The number of aryl methyl sites for hydroxylation is 1. The zero-order chi connectivity index (χ0) is 22.6. The van der Waals surface area contributed by atoms with Gasteiger partial charge in [0.15, 0.2) is 0 Å². The van der Waals surface area contributed by atoms with Crippen molar-refractivity contribution in [2.24, 2.45) is 0 Å². The van der Waals surface area contributed by atoms with Gasteiger partial charge in [0, 0.05) is 18.5 Å². The molecule has 168 valence electrons. The summed E-state index contributed by atoms with van der Waals surface area (Å²) in [5.74, 6) is -0.956. The number of hydrogen-bond acceptors (Lipinski definition) is 4. The average molecular weight is 456 g/mol. The summed E-state index contributed by atoms with van der Waals surface area (Å²) in [5, 5.41) is 2.95. The van der Waals surface area contributed by atoms with Gasteiger partial charge in [-0.1, -0.05) is 30.3 Å². The van der Waals surface area contributed by atoms with E-state index in [0.29, 0.717) is 0 Å². The van der Waals surface area contributed by atoms with Crippen LogP contribution < -0.4 is 14.8 Å². The van der Waals surface area contributed by atoms with Gasteiger partial charge in [-0.05, 0) is 49.4 Å². The highest BCUT2D eigenvalue weighted by atomic mass is 32.2. The van der Waals surface area contributed by atoms with Crippen LogP contribution in [-0.4, -0.2) is 26.7 Å². The number of alkyl halides is 3. The highest BCUT2D eigenvalue weighted by Crippen LogP contribution is 2.29. The lowest BCUT2D eigenvalue weighted by Crippen LogP contribution is -2.38. The van der Waals surface area contributed by atoms with Crippen LogP contribution in [0.3, 0.4) is 0 Å². The van der Waals surface area contributed by atoms with Gasteiger partial charge in [-0.3, -0.25) is 4.79 Å². The fraction of sp³-hybridized carbons (Fsp3) is 0.381. The molecule has 0 radical (unpaired) electrons. The third-order valence-corrected chi connectivity index (χ3v) is 6.49. The van der Waals surface area contributed by atoms with Crippen LogP contribution in [0.25, 0.3) is 0 Å². The number of halogens is 3. The molecule has 0 heterocycles. The molecule has 1 aliphatic carbocycles. The summed E-state index contributed by atoms with van der Waals surface area (Å²) in [7, 11) is -4.14. The van der Waals surface area contributed by atoms with Crippen molar-refractivity contribution in [2.75, 3.05) is 0 Å². The Morgan fingerprint density at radius 3 is 2.68 bits per heavy atom. The zero-order valence-corrected chi connectivity index (χ0v) is 17.6. The van der Waals surface area contributed by atoms with Gasteiger partial charge in [0.2, 0.25) is 15.9 Å². The largest absolute Gasteiger partial charge is 0.573 e. The summed E-state index contributed by atoms with van der Waals surface area (Å²) in [6.07, 6.45) is -2.35. The van der Waals surface area contributed by atoms with Crippen molar-refractivity contribution < 1.29 is 31.1 Å². The van der Waals surface area contributed by atoms with Crippen molar-refractivity contribution in [3.8, 4) is 5.75 Å². The van der Waals surface area contributed by atoms with E-state index in [1.54, 1.807) is 0 Å². The van der Waals surface area contributed by atoms with E-state index in [0.717, 1.165) is 49.1 Å². The van der Waals surface area contributed by atoms with Gasteiger partial charge in [-0.2, -0.15) is 0 Å². The zero-order valence-electron chi connectivity index (χ0n) is 16.8. The Labute approximate surface area is 178 Å². The topological polar surface area (TPSA) is 84.5 Å². The molecule has 10 heteroatoms. The van der Waals surface area contributed by atoms with E-state index < -0.39 is 28.2 Å². The Balaban J connectivity index is 1.61. The molecule has 0 fully saturated rings. The minimum absolute atomic E-state index is 0.114. The van der Waals surface area contributed by atoms with Crippen molar-refractivity contribution in [2.45, 2.75) is 55.9 Å². The number of sulfonamides is 1. The lowest BCUT2D eigenvalue weighted by atomic mass is 9.87. The number of nitrogens with one attached hydrogen (secondary N) is 2. The highest BCUT2D eigenvalue weighted by Gasteiger charge is 2.31. The molecule has 2 N–H and O–H groups in total. The van der Waals surface area contributed by atoms with Crippen molar-refractivity contribution in [3.05, 3.63) is 59.7 Å². The summed E-state index contributed by atoms with van der Waals surface area (Å²) in [4.78, 5) is 12.1. The van der Waals surface area contributed by atoms with Crippen LogP contribution in [0.5, 0.6) is 5.75 Å². The quantitative estimate of drug-likeness (QED) is 0.663. The van der Waals surface area contributed by atoms with Crippen LogP contribution in [0, 0.1) is 0 Å². The summed E-state index contributed by atoms with van der Waals surface area (Å²) in [6, 6.07) is 11.1. The maximum Gasteiger partial charge on any atom is 0.573 e. The fourth-order valence-electron chi connectivity index (χ4n) is 3.65. The Morgan fingerprint density at radius 2 is 1.94 bits per heavy atom. The molecule has 3 rings (SSSR count). The van der Waals surface area contributed by atoms with Crippen molar-refractivity contribution in [1.82, 2.24) is 10.0 Å². The average Bonchev–Trinajstić information content (AvgIpc) is 2.66. The highest BCUT2D eigenvalue weighted by molar-refractivity contribution is 7.89. The molecule has 0 saturated carbocycles. The second kappa shape index (κ2) is 9.27. The van der Waals surface area contributed by atoms with E-state index in [-0.39, 0.29) is 23.3 Å². The summed E-state index contributed by atoms with van der Waals surface area (Å²) < 4.78 is 68.2. The van der Waals surface area contributed by atoms with Crippen LogP contribution in [0.4, 0.5) is 13.2 Å². The minimum atomic E-state index is -4.93. The van der Waals surface area contributed by atoms with Gasteiger partial charge in [0.05, 0.1) is 10.9 Å². The second-order valence-corrected chi connectivity index (χ2v) is 9.17. The molecule has 1 amide bonds. The Kier molecular flexibility index (Phi) is 6.90. The molecule has 0 bridgehead atoms. The van der Waals surface area contributed by atoms with Crippen LogP contribution >= 0.6 is 0 Å². The fourth-order valence-corrected chi connectivity index (χ4v) is 4.93. The van der Waals surface area contributed by atoms with Crippen molar-refractivity contribution in [3.63, 3.8) is 0 Å². The molecule has 2 aromatic rings. The number of amides is 1. The number of carbonyl (C=O) groups excluding carboxylic acids is 1. The molecule has 0 saturated heterocycles. The van der Waals surface area contributed by atoms with Crippen molar-refractivity contribution in [1.29, 1.82) is 0 Å². The number of carbonyl (C=O) groups is 1. The Bertz CT molecular complexity index is 1040. The molecule has 2 atom stereocenters. The van der Waals surface area contributed by atoms with Gasteiger partial charge in [-0.15, -0.1) is 13.2 Å². The van der Waals surface area contributed by atoms with E-state index in [9.17, 15) is 26.4 Å². The second-order valence-electron chi connectivity index (χ2n) is 7.46. The van der Waals surface area contributed by atoms with Gasteiger partial charge in [0.25, 0.3) is 0 Å². The molecule has 31 heavy (non-hydrogen) atoms. The molecule has 6 nitrogen and oxygen atoms in total. The monoisotopic (exact) mass is 456 g/mol. The summed E-state index contributed by atoms with van der Waals surface area (Å²) >= 11 is 0. The van der Waals surface area contributed by atoms with Crippen LogP contribution in [0.2, 0.25) is 0 Å². The molecule has 0 aromatic heterocycles. The van der Waals surface area contributed by atoms with E-state index in [1.165, 1.54) is 12.5 Å². The lowest BCUT2D eigenvalue weighted by Gasteiger charge is -2.27. The normalized spacial score (nSPS) is 17.5. The maximum absolute atomic E-state index is 12.5. The van der Waals surface area contributed by atoms with E-state index in [2.05, 4.69) is 14.8 Å². The molecule has 2 aromatic carbocycles. The number of benzene rings is 2. The predicted molar refractivity (Wildman–Crippen MR) is 108 cm³/mol. The van der Waals surface area contributed by atoms with Gasteiger partial charge >= 0.3 is 6.36 Å². The summed E-state index contributed by atoms with van der Waals surface area (Å²) in [5.41, 5.74) is 2.26.